The maximum absolute atomic E-state index is 14.2. The van der Waals surface area contributed by atoms with Crippen molar-refractivity contribution < 1.29 is 18.1 Å². The molecule has 7 nitrogen and oxygen atoms in total. The summed E-state index contributed by atoms with van der Waals surface area (Å²) in [5.74, 6) is -0.220. The van der Waals surface area contributed by atoms with Gasteiger partial charge in [-0.1, -0.05) is 77.4 Å². The standard InChI is InChI=1S/C36H32N4O3S3/c1-5-39-28-15-7-9-18-30(28)44-33(39)21-25-35(26(36(25)41)22-34-40(6-2)29-16-8-10-19-31(29)45-34)37-46(42,43)32-20-12-13-23-24(32)14-11-17-27(23)38(3)4/h7-22H,5-6H2,1-4H3. The van der Waals surface area contributed by atoms with Gasteiger partial charge in [0.1, 0.15) is 11.2 Å². The van der Waals surface area contributed by atoms with Crippen LogP contribution >= 0.6 is 23.1 Å². The predicted octanol–water partition coefficient (Wildman–Crippen LogP) is 6.74. The molecule has 1 aliphatic heterocycles. The van der Waals surface area contributed by atoms with Gasteiger partial charge in [0, 0.05) is 59.7 Å². The van der Waals surface area contributed by atoms with Crippen LogP contribution < -0.4 is 19.5 Å². The molecule has 0 amide bonds. The fourth-order valence-corrected chi connectivity index (χ4v) is 9.66. The van der Waals surface area contributed by atoms with Crippen LogP contribution in [0.1, 0.15) is 18.9 Å². The summed E-state index contributed by atoms with van der Waals surface area (Å²) in [5, 5.41) is 17.1. The van der Waals surface area contributed by atoms with E-state index in [0.717, 1.165) is 41.9 Å². The largest absolute Gasteiger partial charge is 0.872 e. The Morgan fingerprint density at radius 2 is 1.65 bits per heavy atom. The van der Waals surface area contributed by atoms with Gasteiger partial charge in [0.25, 0.3) is 15.0 Å². The summed E-state index contributed by atoms with van der Waals surface area (Å²) in [6.07, 6.45) is 3.60. The number of thiazole rings is 1. The van der Waals surface area contributed by atoms with E-state index in [4.69, 9.17) is 0 Å². The Balaban J connectivity index is 1.41. The molecule has 1 aromatic heterocycles. The van der Waals surface area contributed by atoms with Crippen molar-refractivity contribution in [1.29, 1.82) is 0 Å². The molecule has 0 radical (unpaired) electrons. The molecule has 0 atom stereocenters. The van der Waals surface area contributed by atoms with Crippen LogP contribution in [0.15, 0.2) is 127 Å². The topological polar surface area (TPSA) is 79.9 Å². The molecule has 7 rings (SSSR count). The van der Waals surface area contributed by atoms with Gasteiger partial charge in [-0.05, 0) is 55.8 Å². The Bertz CT molecular complexity index is 2280. The van der Waals surface area contributed by atoms with Gasteiger partial charge in [-0.2, -0.15) is 17.4 Å². The van der Waals surface area contributed by atoms with Crippen molar-refractivity contribution in [2.45, 2.75) is 30.2 Å². The molecule has 0 fully saturated rings. The number of aromatic nitrogens is 1. The second-order valence-electron chi connectivity index (χ2n) is 11.2. The van der Waals surface area contributed by atoms with Gasteiger partial charge in [0.05, 0.1) is 21.3 Å². The van der Waals surface area contributed by atoms with Gasteiger partial charge < -0.3 is 14.9 Å². The molecule has 0 saturated heterocycles. The average molecular weight is 665 g/mol. The minimum absolute atomic E-state index is 0.107. The predicted molar refractivity (Wildman–Crippen MR) is 189 cm³/mol. The number of thioether (sulfide) groups is 1. The third-order valence-electron chi connectivity index (χ3n) is 8.27. The number of sulfonamides is 1. The van der Waals surface area contributed by atoms with Crippen molar-refractivity contribution in [3.05, 3.63) is 118 Å². The highest BCUT2D eigenvalue weighted by molar-refractivity contribution is 8.03. The summed E-state index contributed by atoms with van der Waals surface area (Å²) < 4.78 is 36.0. The zero-order chi connectivity index (χ0) is 32.2. The fourth-order valence-electron chi connectivity index (χ4n) is 6.08. The monoisotopic (exact) mass is 664 g/mol. The first-order valence-electron chi connectivity index (χ1n) is 15.1. The van der Waals surface area contributed by atoms with Crippen molar-refractivity contribution in [3.63, 3.8) is 0 Å². The van der Waals surface area contributed by atoms with Crippen LogP contribution in [0.2, 0.25) is 0 Å². The van der Waals surface area contributed by atoms with Crippen LogP contribution in [0.5, 0.6) is 0 Å². The number of hydrogen-bond donors (Lipinski definition) is 0. The van der Waals surface area contributed by atoms with Crippen LogP contribution in [0.25, 0.3) is 27.1 Å². The Hall–Kier alpha value is -4.38. The second-order valence-corrected chi connectivity index (χ2v) is 14.9. The lowest BCUT2D eigenvalue weighted by atomic mass is 9.87. The number of rotatable bonds is 7. The van der Waals surface area contributed by atoms with Crippen LogP contribution in [-0.4, -0.2) is 34.8 Å². The lowest BCUT2D eigenvalue weighted by molar-refractivity contribution is -0.665. The van der Waals surface area contributed by atoms with Gasteiger partial charge in [0.2, 0.25) is 5.52 Å². The van der Waals surface area contributed by atoms with Crippen molar-refractivity contribution in [2.24, 2.45) is 4.40 Å². The fraction of sp³-hybridized carbons (Fsp3) is 0.167. The number of fused-ring (bicyclic) bond motifs is 3. The highest BCUT2D eigenvalue weighted by atomic mass is 32.2. The molecule has 1 aliphatic carbocycles. The van der Waals surface area contributed by atoms with E-state index in [1.807, 2.05) is 61.5 Å². The number of aryl methyl sites for hydroxylation is 1. The van der Waals surface area contributed by atoms with Crippen LogP contribution in [0, 0.1) is 0 Å². The van der Waals surface area contributed by atoms with Crippen molar-refractivity contribution in [1.82, 2.24) is 0 Å². The Labute approximate surface area is 277 Å². The number of allylic oxidation sites excluding steroid dienone is 3. The third kappa shape index (κ3) is 5.01. The first-order valence-corrected chi connectivity index (χ1v) is 18.1. The molecule has 2 aliphatic rings. The van der Waals surface area contributed by atoms with Gasteiger partial charge in [-0.25, -0.2) is 0 Å². The SMILES string of the molecule is CCN1/C(=C/C2=C([O-])C(=C\c3sc4ccccc4[n+]3CC)/C2=N/S(=O)(=O)c2cccc3c(N(C)C)cccc23)Sc2ccccc21. The van der Waals surface area contributed by atoms with E-state index in [-0.39, 0.29) is 16.4 Å². The molecule has 0 saturated carbocycles. The molecule has 0 bridgehead atoms. The van der Waals surface area contributed by atoms with Crippen LogP contribution in [-0.2, 0) is 16.6 Å². The van der Waals surface area contributed by atoms with Crippen LogP contribution in [0.3, 0.4) is 0 Å². The normalized spacial score (nSPS) is 17.5. The summed E-state index contributed by atoms with van der Waals surface area (Å²) in [6, 6.07) is 27.0. The summed E-state index contributed by atoms with van der Waals surface area (Å²) in [5.41, 5.74) is 3.81. The average Bonchev–Trinajstić information content (AvgIpc) is 3.61. The van der Waals surface area contributed by atoms with Gasteiger partial charge in [0.15, 0.2) is 0 Å². The zero-order valence-electron chi connectivity index (χ0n) is 25.9. The molecule has 232 valence electrons. The number of hydrogen-bond acceptors (Lipinski definition) is 7. The molecular formula is C36H32N4O3S3. The first-order chi connectivity index (χ1) is 22.2. The molecule has 0 unspecified atom stereocenters. The summed E-state index contributed by atoms with van der Waals surface area (Å²) in [4.78, 5) is 5.29. The highest BCUT2D eigenvalue weighted by Gasteiger charge is 2.32. The van der Waals surface area contributed by atoms with Crippen LogP contribution in [0.4, 0.5) is 11.4 Å². The van der Waals surface area contributed by atoms with E-state index in [9.17, 15) is 13.5 Å². The van der Waals surface area contributed by atoms with E-state index < -0.39 is 10.0 Å². The summed E-state index contributed by atoms with van der Waals surface area (Å²) >= 11 is 3.14. The molecule has 0 spiro atoms. The summed E-state index contributed by atoms with van der Waals surface area (Å²) in [6.45, 7) is 5.52. The minimum Gasteiger partial charge on any atom is -0.872 e. The summed E-state index contributed by atoms with van der Waals surface area (Å²) in [7, 11) is -0.359. The van der Waals surface area contributed by atoms with Crippen molar-refractivity contribution >= 4 is 77.3 Å². The van der Waals surface area contributed by atoms with E-state index >= 15 is 0 Å². The Morgan fingerprint density at radius 3 is 2.43 bits per heavy atom. The molecule has 4 aromatic carbocycles. The van der Waals surface area contributed by atoms with Crippen molar-refractivity contribution in [3.8, 4) is 0 Å². The number of nitrogens with zero attached hydrogens (tertiary/aromatic N) is 4. The molecule has 0 N–H and O–H groups in total. The van der Waals surface area contributed by atoms with Gasteiger partial charge in [-0.3, -0.25) is 0 Å². The second kappa shape index (κ2) is 11.8. The zero-order valence-corrected chi connectivity index (χ0v) is 28.3. The molecule has 46 heavy (non-hydrogen) atoms. The minimum atomic E-state index is -4.22. The highest BCUT2D eigenvalue weighted by Crippen LogP contribution is 2.47. The lowest BCUT2D eigenvalue weighted by Crippen LogP contribution is -2.35. The molecule has 2 heterocycles. The lowest BCUT2D eigenvalue weighted by Gasteiger charge is -2.32. The molecule has 10 heteroatoms. The maximum Gasteiger partial charge on any atom is 0.283 e. The Morgan fingerprint density at radius 1 is 0.913 bits per heavy atom. The smallest absolute Gasteiger partial charge is 0.283 e. The van der Waals surface area contributed by atoms with E-state index in [1.54, 1.807) is 53.4 Å². The number of para-hydroxylation sites is 2. The Kier molecular flexibility index (Phi) is 7.75. The van der Waals surface area contributed by atoms with E-state index in [0.29, 0.717) is 29.6 Å². The quantitative estimate of drug-likeness (QED) is 0.179. The molecular weight excluding hydrogens is 633 g/mol. The maximum atomic E-state index is 14.2. The number of benzene rings is 4. The van der Waals surface area contributed by atoms with Gasteiger partial charge >= 0.3 is 0 Å². The van der Waals surface area contributed by atoms with Crippen molar-refractivity contribution in [2.75, 3.05) is 30.4 Å². The first kappa shape index (κ1) is 30.3. The molecule has 5 aromatic rings. The van der Waals surface area contributed by atoms with Gasteiger partial charge in [-0.15, -0.1) is 0 Å². The number of anilines is 2. The van der Waals surface area contributed by atoms with E-state index in [1.165, 1.54) is 0 Å². The van der Waals surface area contributed by atoms with E-state index in [2.05, 4.69) is 52.0 Å². The third-order valence-corrected chi connectivity index (χ3v) is 11.8.